The first kappa shape index (κ1) is 14.9. The van der Waals surface area contributed by atoms with Crippen molar-refractivity contribution in [3.8, 4) is 0 Å². The topological polar surface area (TPSA) is 44.4 Å². The summed E-state index contributed by atoms with van der Waals surface area (Å²) in [6.07, 6.45) is 0. The van der Waals surface area contributed by atoms with Gasteiger partial charge in [-0.05, 0) is 47.2 Å². The van der Waals surface area contributed by atoms with E-state index in [2.05, 4.69) is 10.6 Å². The smallest absolute Gasteiger partial charge is 0.323 e. The molecule has 3 aromatic carbocycles. The third-order valence-electron chi connectivity index (χ3n) is 3.65. The van der Waals surface area contributed by atoms with Gasteiger partial charge in [0.05, 0.1) is 0 Å². The standard InChI is InChI=1S/C19H19N3O/c1-22(2)18-11-9-16(10-12-18)20-19(23)21-17-8-7-14-5-3-4-6-15(14)13-17/h3-13H,1-2H3,(H2,20,21,23). The van der Waals surface area contributed by atoms with Crippen molar-refractivity contribution in [2.75, 3.05) is 29.6 Å². The molecular weight excluding hydrogens is 286 g/mol. The van der Waals surface area contributed by atoms with Crippen molar-refractivity contribution >= 4 is 33.9 Å². The normalized spacial score (nSPS) is 10.3. The lowest BCUT2D eigenvalue weighted by Gasteiger charge is -2.13. The van der Waals surface area contributed by atoms with Crippen LogP contribution in [0, 0.1) is 0 Å². The fourth-order valence-electron chi connectivity index (χ4n) is 2.40. The van der Waals surface area contributed by atoms with Crippen molar-refractivity contribution in [2.24, 2.45) is 0 Å². The lowest BCUT2D eigenvalue weighted by molar-refractivity contribution is 0.262. The van der Waals surface area contributed by atoms with Gasteiger partial charge in [0.25, 0.3) is 0 Å². The van der Waals surface area contributed by atoms with E-state index in [9.17, 15) is 4.79 Å². The third-order valence-corrected chi connectivity index (χ3v) is 3.65. The summed E-state index contributed by atoms with van der Waals surface area (Å²) in [5.41, 5.74) is 2.62. The highest BCUT2D eigenvalue weighted by atomic mass is 16.2. The highest BCUT2D eigenvalue weighted by Crippen LogP contribution is 2.19. The fourth-order valence-corrected chi connectivity index (χ4v) is 2.40. The van der Waals surface area contributed by atoms with E-state index in [1.54, 1.807) is 0 Å². The lowest BCUT2D eigenvalue weighted by Crippen LogP contribution is -2.19. The molecule has 0 aliphatic rings. The van der Waals surface area contributed by atoms with E-state index >= 15 is 0 Å². The summed E-state index contributed by atoms with van der Waals surface area (Å²) in [7, 11) is 3.96. The Labute approximate surface area is 135 Å². The number of hydrogen-bond acceptors (Lipinski definition) is 2. The van der Waals surface area contributed by atoms with Gasteiger partial charge in [-0.1, -0.05) is 30.3 Å². The molecule has 0 heterocycles. The summed E-state index contributed by atoms with van der Waals surface area (Å²) < 4.78 is 0. The molecule has 2 N–H and O–H groups in total. The first-order chi connectivity index (χ1) is 11.1. The van der Waals surface area contributed by atoms with E-state index in [1.165, 1.54) is 0 Å². The van der Waals surface area contributed by atoms with Crippen LogP contribution in [0.25, 0.3) is 10.8 Å². The van der Waals surface area contributed by atoms with Gasteiger partial charge in [0, 0.05) is 31.2 Å². The molecule has 0 spiro atoms. The van der Waals surface area contributed by atoms with Crippen molar-refractivity contribution in [3.05, 3.63) is 66.7 Å². The van der Waals surface area contributed by atoms with Gasteiger partial charge in [0.15, 0.2) is 0 Å². The van der Waals surface area contributed by atoms with Crippen molar-refractivity contribution in [1.82, 2.24) is 0 Å². The van der Waals surface area contributed by atoms with Gasteiger partial charge in [0.1, 0.15) is 0 Å². The minimum absolute atomic E-state index is 0.252. The summed E-state index contributed by atoms with van der Waals surface area (Å²) in [5, 5.41) is 7.94. The Bertz CT molecular complexity index is 825. The lowest BCUT2D eigenvalue weighted by atomic mass is 10.1. The summed E-state index contributed by atoms with van der Waals surface area (Å²) in [6.45, 7) is 0. The van der Waals surface area contributed by atoms with Crippen molar-refractivity contribution in [1.29, 1.82) is 0 Å². The van der Waals surface area contributed by atoms with Gasteiger partial charge >= 0.3 is 6.03 Å². The summed E-state index contributed by atoms with van der Waals surface area (Å²) in [4.78, 5) is 14.1. The number of carbonyl (C=O) groups is 1. The minimum Gasteiger partial charge on any atom is -0.378 e. The molecule has 0 aliphatic heterocycles. The van der Waals surface area contributed by atoms with Crippen LogP contribution in [0.2, 0.25) is 0 Å². The number of amides is 2. The Kier molecular flexibility index (Phi) is 4.15. The van der Waals surface area contributed by atoms with Crippen molar-refractivity contribution < 1.29 is 4.79 Å². The number of carbonyl (C=O) groups excluding carboxylic acids is 1. The molecule has 0 saturated carbocycles. The van der Waals surface area contributed by atoms with Gasteiger partial charge in [-0.15, -0.1) is 0 Å². The Balaban J connectivity index is 1.68. The first-order valence-corrected chi connectivity index (χ1v) is 7.46. The second-order valence-electron chi connectivity index (χ2n) is 5.58. The van der Waals surface area contributed by atoms with Crippen LogP contribution in [-0.2, 0) is 0 Å². The second kappa shape index (κ2) is 6.40. The largest absolute Gasteiger partial charge is 0.378 e. The van der Waals surface area contributed by atoms with Crippen LogP contribution in [-0.4, -0.2) is 20.1 Å². The molecule has 0 radical (unpaired) electrons. The molecule has 116 valence electrons. The van der Waals surface area contributed by atoms with E-state index in [0.717, 1.165) is 27.8 Å². The molecule has 3 rings (SSSR count). The fraction of sp³-hybridized carbons (Fsp3) is 0.105. The number of nitrogens with zero attached hydrogens (tertiary/aromatic N) is 1. The SMILES string of the molecule is CN(C)c1ccc(NC(=O)Nc2ccc3ccccc3c2)cc1. The van der Waals surface area contributed by atoms with Crippen LogP contribution in [0.5, 0.6) is 0 Å². The van der Waals surface area contributed by atoms with Gasteiger partial charge < -0.3 is 15.5 Å². The third kappa shape index (κ3) is 3.61. The highest BCUT2D eigenvalue weighted by Gasteiger charge is 2.04. The van der Waals surface area contributed by atoms with Crippen LogP contribution in [0.1, 0.15) is 0 Å². The van der Waals surface area contributed by atoms with Crippen LogP contribution in [0.15, 0.2) is 66.7 Å². The van der Waals surface area contributed by atoms with E-state index in [-0.39, 0.29) is 6.03 Å². The highest BCUT2D eigenvalue weighted by molar-refractivity contribution is 6.01. The molecule has 0 bridgehead atoms. The first-order valence-electron chi connectivity index (χ1n) is 7.46. The van der Waals surface area contributed by atoms with Gasteiger partial charge in [-0.2, -0.15) is 0 Å². The van der Waals surface area contributed by atoms with E-state index in [1.807, 2.05) is 85.7 Å². The Morgan fingerprint density at radius 1 is 0.783 bits per heavy atom. The molecule has 0 unspecified atom stereocenters. The molecule has 2 amide bonds. The van der Waals surface area contributed by atoms with E-state index < -0.39 is 0 Å². The summed E-state index contributed by atoms with van der Waals surface area (Å²) in [5.74, 6) is 0. The van der Waals surface area contributed by atoms with E-state index in [0.29, 0.717) is 0 Å². The van der Waals surface area contributed by atoms with Crippen LogP contribution in [0.3, 0.4) is 0 Å². The molecule has 0 aromatic heterocycles. The Morgan fingerprint density at radius 3 is 2.09 bits per heavy atom. The molecule has 3 aromatic rings. The molecule has 0 fully saturated rings. The number of urea groups is 1. The van der Waals surface area contributed by atoms with Crippen LogP contribution < -0.4 is 15.5 Å². The molecule has 4 heteroatoms. The molecule has 0 atom stereocenters. The van der Waals surface area contributed by atoms with E-state index in [4.69, 9.17) is 0 Å². The number of benzene rings is 3. The maximum Gasteiger partial charge on any atom is 0.323 e. The predicted octanol–water partition coefficient (Wildman–Crippen LogP) is 4.55. The molecule has 0 aliphatic carbocycles. The number of fused-ring (bicyclic) bond motifs is 1. The summed E-state index contributed by atoms with van der Waals surface area (Å²) in [6, 6.07) is 21.4. The van der Waals surface area contributed by atoms with Gasteiger partial charge in [-0.3, -0.25) is 0 Å². The maximum absolute atomic E-state index is 12.1. The van der Waals surface area contributed by atoms with Gasteiger partial charge in [0.2, 0.25) is 0 Å². The molecule has 0 saturated heterocycles. The number of hydrogen-bond donors (Lipinski definition) is 2. The molecule has 4 nitrogen and oxygen atoms in total. The Hall–Kier alpha value is -3.01. The predicted molar refractivity (Wildman–Crippen MR) is 97.4 cm³/mol. The molecular formula is C19H19N3O. The summed E-state index contributed by atoms with van der Waals surface area (Å²) >= 11 is 0. The maximum atomic E-state index is 12.1. The minimum atomic E-state index is -0.252. The average Bonchev–Trinajstić information content (AvgIpc) is 2.55. The second-order valence-corrected chi connectivity index (χ2v) is 5.58. The number of rotatable bonds is 3. The zero-order valence-electron chi connectivity index (χ0n) is 13.2. The van der Waals surface area contributed by atoms with Crippen molar-refractivity contribution in [3.63, 3.8) is 0 Å². The molecule has 23 heavy (non-hydrogen) atoms. The average molecular weight is 305 g/mol. The van der Waals surface area contributed by atoms with Crippen LogP contribution >= 0.6 is 0 Å². The van der Waals surface area contributed by atoms with Gasteiger partial charge in [-0.25, -0.2) is 4.79 Å². The quantitative estimate of drug-likeness (QED) is 0.745. The van der Waals surface area contributed by atoms with Crippen LogP contribution in [0.4, 0.5) is 21.9 Å². The van der Waals surface area contributed by atoms with Crippen molar-refractivity contribution in [2.45, 2.75) is 0 Å². The zero-order chi connectivity index (χ0) is 16.2. The number of nitrogens with one attached hydrogen (secondary N) is 2. The number of anilines is 3. The Morgan fingerprint density at radius 2 is 1.39 bits per heavy atom. The zero-order valence-corrected chi connectivity index (χ0v) is 13.2. The monoisotopic (exact) mass is 305 g/mol.